The van der Waals surface area contributed by atoms with Crippen molar-refractivity contribution >= 4 is 109 Å². The first-order valence-corrected chi connectivity index (χ1v) is 22.9. The number of ketones is 1. The number of carbonyl (C=O) groups is 1. The Hall–Kier alpha value is -7.69. The summed E-state index contributed by atoms with van der Waals surface area (Å²) in [6.07, 6.45) is 0.484. The van der Waals surface area contributed by atoms with Gasteiger partial charge in [-0.25, -0.2) is 0 Å². The van der Waals surface area contributed by atoms with Crippen molar-refractivity contribution < 1.29 is 30.6 Å². The van der Waals surface area contributed by atoms with E-state index >= 15 is 4.79 Å². The molecule has 0 amide bonds. The molecule has 2 heterocycles. The van der Waals surface area contributed by atoms with Gasteiger partial charge in [0.2, 0.25) is 5.78 Å². The molecule has 0 unspecified atom stereocenters. The Morgan fingerprint density at radius 3 is 1.00 bits per heavy atom. The predicted octanol–water partition coefficient (Wildman–Crippen LogP) is 16.3. The first-order valence-electron chi connectivity index (χ1n) is 20.7. The van der Waals surface area contributed by atoms with E-state index in [0.29, 0.717) is 51.4 Å². The Morgan fingerprint density at radius 1 is 0.349 bits per heavy atom. The van der Waals surface area contributed by atoms with E-state index in [9.17, 15) is 0 Å². The fraction of sp³-hybridized carbons (Fsp3) is 0.0185. The van der Waals surface area contributed by atoms with Gasteiger partial charge in [0.1, 0.15) is 33.8 Å². The molecule has 0 spiro atoms. The zero-order valence-corrected chi connectivity index (χ0v) is 35.1. The largest absolute Gasteiger partial charge is 0.453 e. The lowest BCUT2D eigenvalue weighted by Crippen LogP contribution is -2.16. The normalized spacial score (nSPS) is 12.4. The number of rotatable bonds is 4. The third-order valence-corrected chi connectivity index (χ3v) is 14.2. The number of benzene rings is 10. The first kappa shape index (κ1) is 36.0. The summed E-state index contributed by atoms with van der Waals surface area (Å²) < 4.78 is 40.2. The van der Waals surface area contributed by atoms with Crippen LogP contribution in [0.2, 0.25) is 0 Å². The highest BCUT2D eigenvalue weighted by Crippen LogP contribution is 2.47. The summed E-state index contributed by atoms with van der Waals surface area (Å²) in [6, 6.07) is 60.5. The number of hydrogen-bond donors (Lipinski definition) is 0. The topological polar surface area (TPSA) is 88.1 Å². The van der Waals surface area contributed by atoms with Crippen molar-refractivity contribution in [3.8, 4) is 11.5 Å². The van der Waals surface area contributed by atoms with E-state index in [0.717, 1.165) is 75.8 Å². The Morgan fingerprint density at radius 2 is 0.667 bits per heavy atom. The summed E-state index contributed by atoms with van der Waals surface area (Å²) in [6.45, 7) is 0. The van der Waals surface area contributed by atoms with E-state index in [1.807, 2.05) is 97.1 Å². The van der Waals surface area contributed by atoms with Gasteiger partial charge in [0.05, 0.1) is 11.1 Å². The van der Waals surface area contributed by atoms with Crippen LogP contribution in [0.25, 0.3) is 87.0 Å². The Labute approximate surface area is 360 Å². The van der Waals surface area contributed by atoms with Crippen LogP contribution < -0.4 is 9.05 Å². The van der Waals surface area contributed by atoms with Crippen LogP contribution >= 0.6 is 16.5 Å². The van der Waals surface area contributed by atoms with Gasteiger partial charge in [0.15, 0.2) is 0 Å². The highest BCUT2D eigenvalue weighted by Gasteiger charge is 2.31. The molecule has 0 radical (unpaired) electrons. The average Bonchev–Trinajstić information content (AvgIpc) is 3.59. The highest BCUT2D eigenvalue weighted by molar-refractivity contribution is 7.32. The summed E-state index contributed by atoms with van der Waals surface area (Å²) in [4.78, 5) is 15.0. The summed E-state index contributed by atoms with van der Waals surface area (Å²) >= 11 is 0. The van der Waals surface area contributed by atoms with Gasteiger partial charge < -0.3 is 25.8 Å². The maximum Gasteiger partial charge on any atom is 0.453 e. The van der Waals surface area contributed by atoms with Gasteiger partial charge in [-0.15, -0.1) is 0 Å². The van der Waals surface area contributed by atoms with Gasteiger partial charge in [0.25, 0.3) is 0 Å². The molecule has 2 aromatic heterocycles. The quantitative estimate of drug-likeness (QED) is 0.174. The third kappa shape index (κ3) is 5.78. The second kappa shape index (κ2) is 14.2. The SMILES string of the molecule is O=C1c2c(cccc2Op2oc3ccc4ccccc4c3c3c(ccc4ccccc43)o2)Cc2cccc(Op3oc4ccc5ccccc5c4c4c(ccc5ccccc54)o3)c21. The third-order valence-electron chi connectivity index (χ3n) is 12.2. The number of hydrogen-bond acceptors (Lipinski definition) is 7. The maximum absolute atomic E-state index is 15.0. The molecule has 10 aromatic carbocycles. The molecule has 0 N–H and O–H groups in total. The van der Waals surface area contributed by atoms with E-state index in [2.05, 4.69) is 72.8 Å². The molecular formula is C54H32O7P2. The molecule has 1 aliphatic rings. The minimum Gasteiger partial charge on any atom is -0.390 e. The van der Waals surface area contributed by atoms with Crippen LogP contribution in [0, 0.1) is 0 Å². The van der Waals surface area contributed by atoms with Crippen molar-refractivity contribution in [2.45, 2.75) is 6.42 Å². The molecule has 300 valence electrons. The van der Waals surface area contributed by atoms with Gasteiger partial charge in [-0.2, -0.15) is 0 Å². The van der Waals surface area contributed by atoms with Crippen molar-refractivity contribution in [1.29, 1.82) is 0 Å². The summed E-state index contributed by atoms with van der Waals surface area (Å²) in [5.74, 6) is 0.498. The molecule has 0 aliphatic heterocycles. The van der Waals surface area contributed by atoms with E-state index < -0.39 is 16.5 Å². The van der Waals surface area contributed by atoms with Crippen molar-refractivity contribution in [3.63, 3.8) is 0 Å². The summed E-state index contributed by atoms with van der Waals surface area (Å²) in [5, 5.41) is 12.3. The van der Waals surface area contributed by atoms with E-state index in [-0.39, 0.29) is 5.78 Å². The molecule has 63 heavy (non-hydrogen) atoms. The Kier molecular flexibility index (Phi) is 8.11. The Bertz CT molecular complexity index is 3550. The Balaban J connectivity index is 0.953. The molecular weight excluding hydrogens is 823 g/mol. The van der Waals surface area contributed by atoms with Crippen LogP contribution in [0.5, 0.6) is 11.5 Å². The minimum atomic E-state index is -2.08. The minimum absolute atomic E-state index is 0.234. The lowest BCUT2D eigenvalue weighted by Gasteiger charge is -2.22. The van der Waals surface area contributed by atoms with E-state index in [4.69, 9.17) is 25.8 Å². The maximum atomic E-state index is 15.0. The fourth-order valence-corrected chi connectivity index (χ4v) is 11.5. The number of carbonyl (C=O) groups excluding carboxylic acids is 1. The van der Waals surface area contributed by atoms with Crippen LogP contribution in [-0.4, -0.2) is 5.78 Å². The monoisotopic (exact) mass is 854 g/mol. The summed E-state index contributed by atoms with van der Waals surface area (Å²) in [5.41, 5.74) is 5.09. The van der Waals surface area contributed by atoms with Crippen LogP contribution in [-0.2, 0) is 6.42 Å². The molecule has 0 bridgehead atoms. The summed E-state index contributed by atoms with van der Waals surface area (Å²) in [7, 11) is -4.16. The molecule has 7 nitrogen and oxygen atoms in total. The second-order valence-corrected chi connectivity index (χ2v) is 17.7. The van der Waals surface area contributed by atoms with Gasteiger partial charge in [0, 0.05) is 21.5 Å². The molecule has 0 saturated heterocycles. The fourth-order valence-electron chi connectivity index (χ4n) is 9.38. The standard InChI is InChI=1S/C54H32O7P2/c55-54-48-36(15-9-21-42(48)56-62-58-44-27-23-32-11-1-5-17-38(32)50(44)51-39-18-6-2-12-33(39)24-28-45(51)59-62)31-37-16-10-22-43(49(37)54)57-63-60-46-29-25-34-13-3-7-19-40(34)52(46)53-41-20-8-4-14-35(41)26-30-47(53)61-63/h1-30H,31H2. The first-order chi connectivity index (χ1) is 31.1. The van der Waals surface area contributed by atoms with Crippen molar-refractivity contribution in [1.82, 2.24) is 0 Å². The van der Waals surface area contributed by atoms with Gasteiger partial charge in [-0.05, 0) is 97.0 Å². The van der Waals surface area contributed by atoms with Crippen molar-refractivity contribution in [2.75, 3.05) is 0 Å². The highest BCUT2D eigenvalue weighted by atomic mass is 31.1. The van der Waals surface area contributed by atoms with Crippen molar-refractivity contribution in [2.24, 2.45) is 0 Å². The lowest BCUT2D eigenvalue weighted by molar-refractivity contribution is 0.103. The van der Waals surface area contributed by atoms with Gasteiger partial charge in [-0.1, -0.05) is 146 Å². The van der Waals surface area contributed by atoms with E-state index in [1.54, 1.807) is 12.1 Å². The molecule has 0 fully saturated rings. The second-order valence-electron chi connectivity index (χ2n) is 15.7. The lowest BCUT2D eigenvalue weighted by atomic mass is 9.84. The smallest absolute Gasteiger partial charge is 0.390 e. The van der Waals surface area contributed by atoms with Gasteiger partial charge in [-0.3, -0.25) is 4.79 Å². The molecule has 1 aliphatic carbocycles. The van der Waals surface area contributed by atoms with Crippen LogP contribution in [0.15, 0.2) is 199 Å². The molecule has 13 rings (SSSR count). The van der Waals surface area contributed by atoms with Crippen LogP contribution in [0.4, 0.5) is 0 Å². The zero-order valence-electron chi connectivity index (χ0n) is 33.3. The molecule has 0 atom stereocenters. The molecule has 12 aromatic rings. The van der Waals surface area contributed by atoms with Crippen LogP contribution in [0.3, 0.4) is 0 Å². The molecule has 9 heteroatoms. The zero-order chi connectivity index (χ0) is 41.6. The molecule has 0 saturated carbocycles. The predicted molar refractivity (Wildman–Crippen MR) is 254 cm³/mol. The average molecular weight is 855 g/mol. The van der Waals surface area contributed by atoms with Crippen LogP contribution in [0.1, 0.15) is 27.0 Å². The van der Waals surface area contributed by atoms with E-state index in [1.165, 1.54) is 0 Å². The number of fused-ring (bicyclic) bond motifs is 16. The van der Waals surface area contributed by atoms with Gasteiger partial charge >= 0.3 is 16.5 Å². The van der Waals surface area contributed by atoms with Crippen molar-refractivity contribution in [3.05, 3.63) is 204 Å².